The highest BCUT2D eigenvalue weighted by Gasteiger charge is 2.44. The molecule has 1 aliphatic rings. The molecule has 0 bridgehead atoms. The van der Waals surface area contributed by atoms with E-state index in [-0.39, 0.29) is 13.2 Å². The summed E-state index contributed by atoms with van der Waals surface area (Å²) in [6.45, 7) is -0.555. The predicted octanol–water partition coefficient (Wildman–Crippen LogP) is -0.647. The monoisotopic (exact) mass is 179 g/mol. The molecule has 1 saturated heterocycles. The van der Waals surface area contributed by atoms with E-state index in [4.69, 9.17) is 5.11 Å². The first kappa shape index (κ1) is 9.21. The standard InChI is InChI=1S/C6H10FNO4/c7-4(1-8-5(9)10)6(11)2-12-3-6/h4,8,11H,1-3H2,(H,9,10). The van der Waals surface area contributed by atoms with Crippen LogP contribution >= 0.6 is 0 Å². The van der Waals surface area contributed by atoms with Crippen molar-refractivity contribution in [2.45, 2.75) is 11.8 Å². The van der Waals surface area contributed by atoms with Crippen molar-refractivity contribution in [2.24, 2.45) is 0 Å². The predicted molar refractivity (Wildman–Crippen MR) is 36.7 cm³/mol. The SMILES string of the molecule is O=C(O)NCC(F)C1(O)COC1. The van der Waals surface area contributed by atoms with E-state index in [0.717, 1.165) is 0 Å². The molecule has 1 unspecified atom stereocenters. The minimum Gasteiger partial charge on any atom is -0.465 e. The van der Waals surface area contributed by atoms with Gasteiger partial charge in [-0.2, -0.15) is 0 Å². The summed E-state index contributed by atoms with van der Waals surface area (Å²) in [7, 11) is 0. The quantitative estimate of drug-likeness (QED) is 0.538. The van der Waals surface area contributed by atoms with Gasteiger partial charge in [0.05, 0.1) is 19.8 Å². The zero-order chi connectivity index (χ0) is 9.19. The molecular weight excluding hydrogens is 169 g/mol. The van der Waals surface area contributed by atoms with Crippen LogP contribution < -0.4 is 5.32 Å². The van der Waals surface area contributed by atoms with Crippen LogP contribution in [0.2, 0.25) is 0 Å². The topological polar surface area (TPSA) is 78.8 Å². The van der Waals surface area contributed by atoms with E-state index in [1.54, 1.807) is 0 Å². The highest BCUT2D eigenvalue weighted by molar-refractivity contribution is 5.64. The third-order valence-electron chi connectivity index (χ3n) is 1.72. The van der Waals surface area contributed by atoms with Gasteiger partial charge in [0.1, 0.15) is 5.60 Å². The van der Waals surface area contributed by atoms with E-state index >= 15 is 0 Å². The lowest BCUT2D eigenvalue weighted by Crippen LogP contribution is -2.59. The van der Waals surface area contributed by atoms with Gasteiger partial charge in [0.2, 0.25) is 0 Å². The molecule has 5 nitrogen and oxygen atoms in total. The van der Waals surface area contributed by atoms with Gasteiger partial charge in [0.25, 0.3) is 0 Å². The van der Waals surface area contributed by atoms with Gasteiger partial charge in [-0.15, -0.1) is 0 Å². The van der Waals surface area contributed by atoms with Gasteiger partial charge in [0, 0.05) is 0 Å². The molecule has 0 radical (unpaired) electrons. The summed E-state index contributed by atoms with van der Waals surface area (Å²) in [6, 6.07) is 0. The van der Waals surface area contributed by atoms with Crippen molar-refractivity contribution in [3.8, 4) is 0 Å². The first-order valence-corrected chi connectivity index (χ1v) is 3.45. The molecule has 0 saturated carbocycles. The van der Waals surface area contributed by atoms with Crippen molar-refractivity contribution < 1.29 is 24.1 Å². The minimum atomic E-state index is -1.61. The Kier molecular flexibility index (Phi) is 2.49. The molecule has 0 aromatic heterocycles. The van der Waals surface area contributed by atoms with Crippen molar-refractivity contribution in [2.75, 3.05) is 19.8 Å². The van der Waals surface area contributed by atoms with Crippen LogP contribution in [0.25, 0.3) is 0 Å². The van der Waals surface area contributed by atoms with Crippen molar-refractivity contribution in [3.63, 3.8) is 0 Å². The van der Waals surface area contributed by atoms with E-state index < -0.39 is 24.4 Å². The van der Waals surface area contributed by atoms with Crippen molar-refractivity contribution in [3.05, 3.63) is 0 Å². The molecule has 6 heteroatoms. The third kappa shape index (κ3) is 1.83. The van der Waals surface area contributed by atoms with Gasteiger partial charge >= 0.3 is 6.09 Å². The first-order chi connectivity index (χ1) is 5.54. The van der Waals surface area contributed by atoms with Gasteiger partial charge in [0.15, 0.2) is 6.17 Å². The fourth-order valence-electron chi connectivity index (χ4n) is 0.859. The maximum absolute atomic E-state index is 12.9. The van der Waals surface area contributed by atoms with E-state index in [2.05, 4.69) is 4.74 Å². The largest absolute Gasteiger partial charge is 0.465 e. The second kappa shape index (κ2) is 3.24. The molecule has 12 heavy (non-hydrogen) atoms. The second-order valence-corrected chi connectivity index (χ2v) is 2.75. The van der Waals surface area contributed by atoms with Crippen LogP contribution in [0.3, 0.4) is 0 Å². The lowest BCUT2D eigenvalue weighted by Gasteiger charge is -2.38. The molecule has 1 rings (SSSR count). The number of carboxylic acid groups (broad SMARTS) is 1. The van der Waals surface area contributed by atoms with E-state index in [9.17, 15) is 14.3 Å². The van der Waals surface area contributed by atoms with Crippen LogP contribution in [-0.2, 0) is 4.74 Å². The van der Waals surface area contributed by atoms with Crippen molar-refractivity contribution in [1.29, 1.82) is 0 Å². The summed E-state index contributed by atoms with van der Waals surface area (Å²) in [4.78, 5) is 9.95. The molecule has 1 amide bonds. The van der Waals surface area contributed by atoms with Crippen LogP contribution in [-0.4, -0.2) is 47.8 Å². The first-order valence-electron chi connectivity index (χ1n) is 3.45. The average Bonchev–Trinajstić information content (AvgIpc) is 1.95. The molecule has 1 fully saturated rings. The number of amides is 1. The van der Waals surface area contributed by atoms with Gasteiger partial charge < -0.3 is 20.3 Å². The summed E-state index contributed by atoms with van der Waals surface area (Å²) < 4.78 is 17.5. The number of rotatable bonds is 3. The number of hydrogen-bond acceptors (Lipinski definition) is 3. The fourth-order valence-corrected chi connectivity index (χ4v) is 0.859. The van der Waals surface area contributed by atoms with Crippen molar-refractivity contribution in [1.82, 2.24) is 5.32 Å². The van der Waals surface area contributed by atoms with Crippen LogP contribution in [0.1, 0.15) is 0 Å². The molecular formula is C6H10FNO4. The van der Waals surface area contributed by atoms with Crippen molar-refractivity contribution >= 4 is 6.09 Å². The highest BCUT2D eigenvalue weighted by Crippen LogP contribution is 2.22. The van der Waals surface area contributed by atoms with Gasteiger partial charge in [-0.3, -0.25) is 0 Å². The van der Waals surface area contributed by atoms with Gasteiger partial charge in [-0.25, -0.2) is 9.18 Å². The average molecular weight is 179 g/mol. The number of carbonyl (C=O) groups is 1. The minimum absolute atomic E-state index is 0.0739. The van der Waals surface area contributed by atoms with Crippen LogP contribution in [0.4, 0.5) is 9.18 Å². The second-order valence-electron chi connectivity index (χ2n) is 2.75. The van der Waals surface area contributed by atoms with E-state index in [0.29, 0.717) is 0 Å². The Morgan fingerprint density at radius 3 is 2.67 bits per heavy atom. The zero-order valence-electron chi connectivity index (χ0n) is 6.29. The van der Waals surface area contributed by atoms with E-state index in [1.165, 1.54) is 0 Å². The number of halogens is 1. The summed E-state index contributed by atoms with van der Waals surface area (Å²) >= 11 is 0. The molecule has 0 aromatic carbocycles. The van der Waals surface area contributed by atoms with E-state index in [1.807, 2.05) is 5.32 Å². The van der Waals surface area contributed by atoms with Crippen LogP contribution in [0.15, 0.2) is 0 Å². The summed E-state index contributed by atoms with van der Waals surface area (Å²) in [5.41, 5.74) is -1.50. The van der Waals surface area contributed by atoms with Gasteiger partial charge in [-0.1, -0.05) is 0 Å². The third-order valence-corrected chi connectivity index (χ3v) is 1.72. The molecule has 0 aromatic rings. The van der Waals surface area contributed by atoms with Gasteiger partial charge in [-0.05, 0) is 0 Å². The molecule has 0 spiro atoms. The Morgan fingerprint density at radius 1 is 1.75 bits per heavy atom. The molecule has 3 N–H and O–H groups in total. The number of nitrogens with one attached hydrogen (secondary N) is 1. The number of alkyl halides is 1. The molecule has 70 valence electrons. The highest BCUT2D eigenvalue weighted by atomic mass is 19.1. The summed E-state index contributed by atoms with van der Waals surface area (Å²) in [5, 5.41) is 19.2. The Hall–Kier alpha value is -0.880. The number of aliphatic hydroxyl groups is 1. The number of ether oxygens (including phenoxy) is 1. The molecule has 1 aliphatic heterocycles. The Morgan fingerprint density at radius 2 is 2.33 bits per heavy atom. The normalized spacial score (nSPS) is 22.5. The Bertz CT molecular complexity index is 182. The molecule has 1 heterocycles. The fraction of sp³-hybridized carbons (Fsp3) is 0.833. The van der Waals surface area contributed by atoms with Crippen LogP contribution in [0, 0.1) is 0 Å². The summed E-state index contributed by atoms with van der Waals surface area (Å²) in [5.74, 6) is 0. The van der Waals surface area contributed by atoms with Crippen LogP contribution in [0.5, 0.6) is 0 Å². The summed E-state index contributed by atoms with van der Waals surface area (Å²) in [6.07, 6.45) is -2.91. The lowest BCUT2D eigenvalue weighted by molar-refractivity contribution is -0.208. The zero-order valence-corrected chi connectivity index (χ0v) is 6.29. The maximum atomic E-state index is 12.9. The Balaban J connectivity index is 2.27. The Labute approximate surface area is 68.1 Å². The molecule has 1 atom stereocenters. The lowest BCUT2D eigenvalue weighted by atomic mass is 9.96. The maximum Gasteiger partial charge on any atom is 0.404 e. The smallest absolute Gasteiger partial charge is 0.404 e. The number of hydrogen-bond donors (Lipinski definition) is 3. The molecule has 0 aliphatic carbocycles.